The van der Waals surface area contributed by atoms with Gasteiger partial charge in [0.1, 0.15) is 0 Å². The highest BCUT2D eigenvalue weighted by molar-refractivity contribution is 7.46. The van der Waals surface area contributed by atoms with Crippen molar-refractivity contribution in [3.05, 3.63) is 0 Å². The Bertz CT molecular complexity index is 148. The summed E-state index contributed by atoms with van der Waals surface area (Å²) in [4.78, 5) is 16.5. The first-order chi connectivity index (χ1) is 5.56. The van der Waals surface area contributed by atoms with E-state index in [0.717, 1.165) is 13.0 Å². The van der Waals surface area contributed by atoms with Crippen molar-refractivity contribution in [3.8, 4) is 0 Å². The number of nitrogens with one attached hydrogen (secondary N) is 1. The molecular formula is C5H15N2O4P. The third kappa shape index (κ3) is 10.0. The molecule has 0 aromatic rings. The van der Waals surface area contributed by atoms with E-state index in [4.69, 9.17) is 15.5 Å². The van der Waals surface area contributed by atoms with Gasteiger partial charge in [-0.25, -0.2) is 4.57 Å². The molecule has 0 radical (unpaired) electrons. The monoisotopic (exact) mass is 198 g/mol. The minimum atomic E-state index is -4.29. The van der Waals surface area contributed by atoms with Gasteiger partial charge in [0.15, 0.2) is 0 Å². The predicted molar refractivity (Wildman–Crippen MR) is 44.5 cm³/mol. The summed E-state index contributed by atoms with van der Waals surface area (Å²) in [6.45, 7) is 1.77. The highest BCUT2D eigenvalue weighted by atomic mass is 31.2. The van der Waals surface area contributed by atoms with Crippen molar-refractivity contribution >= 4 is 7.82 Å². The van der Waals surface area contributed by atoms with Crippen LogP contribution in [0.3, 0.4) is 0 Å². The summed E-state index contributed by atoms with van der Waals surface area (Å²) in [6.07, 6.45) is 0.843. The largest absolute Gasteiger partial charge is 0.469 e. The van der Waals surface area contributed by atoms with E-state index in [1.165, 1.54) is 0 Å². The van der Waals surface area contributed by atoms with E-state index < -0.39 is 7.82 Å². The van der Waals surface area contributed by atoms with Crippen LogP contribution in [0.15, 0.2) is 0 Å². The molecule has 0 heterocycles. The molecule has 0 fully saturated rings. The summed E-state index contributed by atoms with van der Waals surface area (Å²) in [5.41, 5.74) is 5.22. The molecule has 0 saturated heterocycles. The maximum atomic E-state index is 10.1. The molecule has 0 saturated carbocycles. The first kappa shape index (κ1) is 12.0. The maximum absolute atomic E-state index is 10.1. The third-order valence-electron chi connectivity index (χ3n) is 1.10. The van der Waals surface area contributed by atoms with Crippen molar-refractivity contribution < 1.29 is 18.9 Å². The van der Waals surface area contributed by atoms with Crippen molar-refractivity contribution in [3.63, 3.8) is 0 Å². The highest BCUT2D eigenvalue weighted by Crippen LogP contribution is 2.34. The minimum absolute atomic E-state index is 0.00878. The Morgan fingerprint density at radius 1 is 1.42 bits per heavy atom. The Kier molecular flexibility index (Phi) is 6.55. The van der Waals surface area contributed by atoms with Crippen LogP contribution in [-0.4, -0.2) is 36.0 Å². The second-order valence-corrected chi connectivity index (χ2v) is 3.46. The second kappa shape index (κ2) is 6.54. The lowest BCUT2D eigenvalue weighted by molar-refractivity contribution is 0.197. The van der Waals surface area contributed by atoms with Crippen LogP contribution < -0.4 is 11.1 Å². The summed E-state index contributed by atoms with van der Waals surface area (Å²) < 4.78 is 14.3. The van der Waals surface area contributed by atoms with Gasteiger partial charge in [0.05, 0.1) is 6.61 Å². The second-order valence-electron chi connectivity index (χ2n) is 2.22. The number of rotatable bonds is 7. The Balaban J connectivity index is 3.06. The fourth-order valence-corrected chi connectivity index (χ4v) is 0.918. The van der Waals surface area contributed by atoms with Gasteiger partial charge in [0, 0.05) is 6.54 Å². The Labute approximate surface area is 71.3 Å². The highest BCUT2D eigenvalue weighted by Gasteiger charge is 2.11. The van der Waals surface area contributed by atoms with Crippen molar-refractivity contribution in [1.82, 2.24) is 5.32 Å². The first-order valence-corrected chi connectivity index (χ1v) is 5.20. The summed E-state index contributed by atoms with van der Waals surface area (Å²) in [5, 5.41) is 2.91. The van der Waals surface area contributed by atoms with E-state index in [-0.39, 0.29) is 6.61 Å². The summed E-state index contributed by atoms with van der Waals surface area (Å²) >= 11 is 0. The van der Waals surface area contributed by atoms with Crippen LogP contribution >= 0.6 is 7.82 Å². The Morgan fingerprint density at radius 3 is 2.58 bits per heavy atom. The summed E-state index contributed by atoms with van der Waals surface area (Å²) in [6, 6.07) is 0. The normalized spacial score (nSPS) is 11.9. The molecule has 74 valence electrons. The molecule has 0 aromatic carbocycles. The van der Waals surface area contributed by atoms with Crippen LogP contribution in [0, 0.1) is 0 Å². The molecule has 6 nitrogen and oxygen atoms in total. The summed E-state index contributed by atoms with van der Waals surface area (Å²) in [5.74, 6) is 0. The molecule has 0 unspecified atom stereocenters. The number of phosphoric ester groups is 1. The molecule has 0 amide bonds. The zero-order valence-corrected chi connectivity index (χ0v) is 7.67. The van der Waals surface area contributed by atoms with Crippen molar-refractivity contribution in [2.75, 3.05) is 26.2 Å². The van der Waals surface area contributed by atoms with Crippen LogP contribution in [0.25, 0.3) is 0 Å². The molecule has 0 aliphatic heterocycles. The molecule has 0 rings (SSSR count). The lowest BCUT2D eigenvalue weighted by Gasteiger charge is -2.05. The van der Waals surface area contributed by atoms with Gasteiger partial charge in [0.2, 0.25) is 0 Å². The molecule has 0 spiro atoms. The smallest absolute Gasteiger partial charge is 0.330 e. The van der Waals surface area contributed by atoms with Gasteiger partial charge in [-0.1, -0.05) is 0 Å². The quantitative estimate of drug-likeness (QED) is 0.310. The molecule has 5 N–H and O–H groups in total. The molecular weight excluding hydrogens is 183 g/mol. The van der Waals surface area contributed by atoms with E-state index in [2.05, 4.69) is 9.84 Å². The van der Waals surface area contributed by atoms with Crippen LogP contribution in [0.1, 0.15) is 6.42 Å². The Hall–Kier alpha value is 0.0300. The minimum Gasteiger partial charge on any atom is -0.330 e. The molecule has 0 aliphatic carbocycles. The number of nitrogens with two attached hydrogens (primary N) is 1. The predicted octanol–water partition coefficient (Wildman–Crippen LogP) is -0.966. The maximum Gasteiger partial charge on any atom is 0.469 e. The fraction of sp³-hybridized carbons (Fsp3) is 1.00. The van der Waals surface area contributed by atoms with E-state index in [9.17, 15) is 4.57 Å². The Morgan fingerprint density at radius 2 is 2.08 bits per heavy atom. The van der Waals surface area contributed by atoms with Crippen molar-refractivity contribution in [1.29, 1.82) is 0 Å². The van der Waals surface area contributed by atoms with E-state index in [1.807, 2.05) is 0 Å². The molecule has 0 aliphatic rings. The van der Waals surface area contributed by atoms with Gasteiger partial charge in [-0.15, -0.1) is 0 Å². The number of phosphoric acid groups is 1. The molecule has 12 heavy (non-hydrogen) atoms. The van der Waals surface area contributed by atoms with E-state index in [0.29, 0.717) is 13.1 Å². The van der Waals surface area contributed by atoms with Gasteiger partial charge in [-0.2, -0.15) is 0 Å². The zero-order valence-electron chi connectivity index (χ0n) is 6.77. The zero-order chi connectivity index (χ0) is 9.45. The van der Waals surface area contributed by atoms with Gasteiger partial charge in [0.25, 0.3) is 0 Å². The van der Waals surface area contributed by atoms with Crippen molar-refractivity contribution in [2.24, 2.45) is 5.73 Å². The van der Waals surface area contributed by atoms with Crippen LogP contribution in [0.5, 0.6) is 0 Å². The first-order valence-electron chi connectivity index (χ1n) is 3.67. The average molecular weight is 198 g/mol. The molecule has 0 atom stereocenters. The lowest BCUT2D eigenvalue weighted by Crippen LogP contribution is -2.22. The molecule has 0 aromatic heterocycles. The van der Waals surface area contributed by atoms with E-state index >= 15 is 0 Å². The van der Waals surface area contributed by atoms with Crippen LogP contribution in [-0.2, 0) is 9.09 Å². The van der Waals surface area contributed by atoms with Gasteiger partial charge in [-0.3, -0.25) is 4.52 Å². The molecule has 0 bridgehead atoms. The molecule has 7 heteroatoms. The standard InChI is InChI=1S/C5H15N2O4P/c6-2-1-3-7-4-5-11-12(8,9)10/h7H,1-6H2,(H2,8,9,10). The summed E-state index contributed by atoms with van der Waals surface area (Å²) in [7, 11) is -4.29. The van der Waals surface area contributed by atoms with Crippen LogP contribution in [0.4, 0.5) is 0 Å². The third-order valence-corrected chi connectivity index (χ3v) is 1.61. The topological polar surface area (TPSA) is 105 Å². The number of hydrogen-bond acceptors (Lipinski definition) is 4. The van der Waals surface area contributed by atoms with E-state index in [1.54, 1.807) is 0 Å². The van der Waals surface area contributed by atoms with Crippen molar-refractivity contribution in [2.45, 2.75) is 6.42 Å². The van der Waals surface area contributed by atoms with Gasteiger partial charge < -0.3 is 20.8 Å². The van der Waals surface area contributed by atoms with Crippen LogP contribution in [0.2, 0.25) is 0 Å². The lowest BCUT2D eigenvalue weighted by atomic mass is 10.4. The SMILES string of the molecule is NCCCNCCOP(=O)(O)O. The number of hydrogen-bond donors (Lipinski definition) is 4. The van der Waals surface area contributed by atoms with Gasteiger partial charge >= 0.3 is 7.82 Å². The van der Waals surface area contributed by atoms with Gasteiger partial charge in [-0.05, 0) is 19.5 Å². The fourth-order valence-electron chi connectivity index (χ4n) is 0.589. The average Bonchev–Trinajstić information content (AvgIpc) is 1.94.